The molecule has 5 rings (SSSR count). The van der Waals surface area contributed by atoms with E-state index in [9.17, 15) is 0 Å². The van der Waals surface area contributed by atoms with E-state index in [0.29, 0.717) is 16.9 Å². The fourth-order valence-electron chi connectivity index (χ4n) is 4.38. The number of likely N-dealkylation sites (N-methyl/N-ethyl adjacent to an activating group) is 1. The van der Waals surface area contributed by atoms with Crippen molar-refractivity contribution in [1.29, 1.82) is 0 Å². The lowest BCUT2D eigenvalue weighted by Gasteiger charge is -2.26. The van der Waals surface area contributed by atoms with Crippen molar-refractivity contribution >= 4 is 32.7 Å². The van der Waals surface area contributed by atoms with E-state index in [1.54, 1.807) is 6.20 Å². The molecule has 1 aliphatic rings. The zero-order chi connectivity index (χ0) is 20.5. The summed E-state index contributed by atoms with van der Waals surface area (Å²) in [6.45, 7) is 9.94. The monoisotopic (exact) mass is 422 g/mol. The summed E-state index contributed by atoms with van der Waals surface area (Å²) >= 11 is 1.49. The Morgan fingerprint density at radius 1 is 1.27 bits per heavy atom. The van der Waals surface area contributed by atoms with Gasteiger partial charge in [0.05, 0.1) is 11.0 Å². The van der Waals surface area contributed by atoms with Crippen LogP contribution in [0.2, 0.25) is 0 Å². The molecule has 0 spiro atoms. The Balaban J connectivity index is 1.29. The Hall–Kier alpha value is -2.48. The summed E-state index contributed by atoms with van der Waals surface area (Å²) in [5.74, 6) is 0.727. The summed E-state index contributed by atoms with van der Waals surface area (Å²) in [5, 5.41) is 1.74. The highest BCUT2D eigenvalue weighted by atomic mass is 32.1. The Labute approximate surface area is 180 Å². The van der Waals surface area contributed by atoms with Crippen molar-refractivity contribution in [3.8, 4) is 10.9 Å². The molecule has 0 aliphatic carbocycles. The number of likely N-dealkylation sites (tertiary alicyclic amines) is 1. The average molecular weight is 423 g/mol. The van der Waals surface area contributed by atoms with Gasteiger partial charge in [0.15, 0.2) is 5.65 Å². The van der Waals surface area contributed by atoms with Crippen LogP contribution in [0, 0.1) is 0 Å². The van der Waals surface area contributed by atoms with Crippen LogP contribution in [0.25, 0.3) is 21.3 Å². The zero-order valence-corrected chi connectivity index (χ0v) is 18.2. The number of benzene rings is 1. The Bertz CT molecular complexity index is 1120. The van der Waals surface area contributed by atoms with Gasteiger partial charge in [-0.1, -0.05) is 25.2 Å². The van der Waals surface area contributed by atoms with Gasteiger partial charge in [-0.15, -0.1) is 0 Å². The molecular weight excluding hydrogens is 396 g/mol. The molecule has 4 aromatic rings. The highest BCUT2D eigenvalue weighted by Crippen LogP contribution is 2.33. The largest absolute Gasteiger partial charge is 0.464 e. The quantitative estimate of drug-likeness (QED) is 0.411. The van der Waals surface area contributed by atoms with Gasteiger partial charge in [-0.3, -0.25) is 9.80 Å². The molecule has 0 saturated carbocycles. The predicted octanol–water partition coefficient (Wildman–Crippen LogP) is 5.15. The Morgan fingerprint density at radius 2 is 2.17 bits per heavy atom. The Morgan fingerprint density at radius 3 is 3.00 bits per heavy atom. The maximum absolute atomic E-state index is 5.97. The van der Waals surface area contributed by atoms with E-state index in [0.717, 1.165) is 54.1 Å². The van der Waals surface area contributed by atoms with Crippen LogP contribution in [0.4, 0.5) is 0 Å². The van der Waals surface area contributed by atoms with E-state index in [-0.39, 0.29) is 0 Å². The van der Waals surface area contributed by atoms with Gasteiger partial charge >= 0.3 is 0 Å². The summed E-state index contributed by atoms with van der Waals surface area (Å²) < 4.78 is 12.9. The lowest BCUT2D eigenvalue weighted by atomic mass is 10.1. The number of furan rings is 1. The number of rotatable bonds is 7. The zero-order valence-electron chi connectivity index (χ0n) is 17.4. The number of pyridine rings is 1. The van der Waals surface area contributed by atoms with Gasteiger partial charge in [0.1, 0.15) is 11.3 Å². The van der Waals surface area contributed by atoms with Gasteiger partial charge in [0.25, 0.3) is 5.19 Å². The minimum absolute atomic E-state index is 0.592. The molecule has 3 aromatic heterocycles. The first kappa shape index (κ1) is 19.5. The van der Waals surface area contributed by atoms with Crippen LogP contribution in [0.1, 0.15) is 25.8 Å². The number of aromatic nitrogens is 2. The van der Waals surface area contributed by atoms with Gasteiger partial charge in [-0.2, -0.15) is 4.98 Å². The smallest absolute Gasteiger partial charge is 0.281 e. The lowest BCUT2D eigenvalue weighted by molar-refractivity contribution is 0.209. The standard InChI is InChI=1S/C23H26N4O2S/c1-3-27(4-2)17-9-11-26(14-17)13-16-15-28-20-12-18(7-8-19(16)20)29-23-25-22-21(30-23)6-5-10-24-22/h5-8,10,12,15,17H,3-4,9,11,13-14H2,1-2H3. The van der Waals surface area contributed by atoms with Crippen molar-refractivity contribution < 1.29 is 9.15 Å². The second-order valence-corrected chi connectivity index (χ2v) is 8.72. The van der Waals surface area contributed by atoms with Gasteiger partial charge in [0.2, 0.25) is 0 Å². The van der Waals surface area contributed by atoms with E-state index in [4.69, 9.17) is 9.15 Å². The molecule has 6 nitrogen and oxygen atoms in total. The second-order valence-electron chi connectivity index (χ2n) is 7.72. The molecule has 0 amide bonds. The predicted molar refractivity (Wildman–Crippen MR) is 120 cm³/mol. The molecule has 7 heteroatoms. The molecule has 0 N–H and O–H groups in total. The van der Waals surface area contributed by atoms with Gasteiger partial charge < -0.3 is 9.15 Å². The van der Waals surface area contributed by atoms with Crippen LogP contribution < -0.4 is 4.74 Å². The fourth-order valence-corrected chi connectivity index (χ4v) is 5.17. The van der Waals surface area contributed by atoms with Crippen molar-refractivity contribution in [2.45, 2.75) is 32.9 Å². The average Bonchev–Trinajstić information content (AvgIpc) is 3.48. The normalized spacial score (nSPS) is 17.5. The van der Waals surface area contributed by atoms with E-state index in [2.05, 4.69) is 39.7 Å². The van der Waals surface area contributed by atoms with Crippen LogP contribution in [0.15, 0.2) is 47.2 Å². The van der Waals surface area contributed by atoms with E-state index in [1.165, 1.54) is 23.3 Å². The molecule has 1 unspecified atom stereocenters. The molecule has 156 valence electrons. The van der Waals surface area contributed by atoms with E-state index >= 15 is 0 Å². The van der Waals surface area contributed by atoms with Crippen molar-refractivity contribution in [2.24, 2.45) is 0 Å². The number of hydrogen-bond donors (Lipinski definition) is 0. The summed E-state index contributed by atoms with van der Waals surface area (Å²) in [4.78, 5) is 13.8. The molecular formula is C23H26N4O2S. The first-order chi connectivity index (χ1) is 14.7. The maximum atomic E-state index is 5.97. The van der Waals surface area contributed by atoms with Gasteiger partial charge in [-0.25, -0.2) is 4.98 Å². The molecule has 1 aliphatic heterocycles. The van der Waals surface area contributed by atoms with Crippen molar-refractivity contribution in [2.75, 3.05) is 26.2 Å². The number of nitrogens with zero attached hydrogens (tertiary/aromatic N) is 4. The van der Waals surface area contributed by atoms with Crippen LogP contribution in [-0.2, 0) is 6.54 Å². The van der Waals surface area contributed by atoms with Gasteiger partial charge in [-0.05, 0) is 43.8 Å². The Kier molecular flexibility index (Phi) is 5.41. The lowest BCUT2D eigenvalue weighted by Crippen LogP contribution is -2.37. The third-order valence-corrected chi connectivity index (χ3v) is 6.84. The molecule has 1 atom stereocenters. The first-order valence-electron chi connectivity index (χ1n) is 10.6. The molecule has 1 aromatic carbocycles. The molecule has 0 bridgehead atoms. The molecule has 1 fully saturated rings. The van der Waals surface area contributed by atoms with Crippen LogP contribution in [-0.4, -0.2) is 52.0 Å². The number of fused-ring (bicyclic) bond motifs is 2. The minimum Gasteiger partial charge on any atom is -0.464 e. The van der Waals surface area contributed by atoms with Crippen molar-refractivity contribution in [1.82, 2.24) is 19.8 Å². The SMILES string of the molecule is CCN(CC)C1CCN(Cc2coc3cc(Oc4nc5ncccc5s4)ccc23)C1. The fraction of sp³-hybridized carbons (Fsp3) is 0.391. The third-order valence-electron chi connectivity index (χ3n) is 5.95. The highest BCUT2D eigenvalue weighted by molar-refractivity contribution is 7.20. The number of thiazole rings is 1. The molecule has 4 heterocycles. The summed E-state index contributed by atoms with van der Waals surface area (Å²) in [6, 6.07) is 10.6. The van der Waals surface area contributed by atoms with E-state index < -0.39 is 0 Å². The summed E-state index contributed by atoms with van der Waals surface area (Å²) in [7, 11) is 0. The molecule has 1 saturated heterocycles. The maximum Gasteiger partial charge on any atom is 0.281 e. The number of ether oxygens (including phenoxy) is 1. The van der Waals surface area contributed by atoms with Crippen LogP contribution in [0.5, 0.6) is 10.9 Å². The van der Waals surface area contributed by atoms with Crippen LogP contribution in [0.3, 0.4) is 0 Å². The summed E-state index contributed by atoms with van der Waals surface area (Å²) in [5.41, 5.74) is 2.80. The van der Waals surface area contributed by atoms with Gasteiger partial charge in [0, 0.05) is 48.9 Å². The van der Waals surface area contributed by atoms with Crippen molar-refractivity contribution in [3.05, 3.63) is 48.4 Å². The molecule has 30 heavy (non-hydrogen) atoms. The summed E-state index contributed by atoms with van der Waals surface area (Å²) in [6.07, 6.45) is 4.88. The first-order valence-corrected chi connectivity index (χ1v) is 11.4. The third kappa shape index (κ3) is 3.80. The second kappa shape index (κ2) is 8.34. The highest BCUT2D eigenvalue weighted by Gasteiger charge is 2.26. The number of hydrogen-bond acceptors (Lipinski definition) is 7. The van der Waals surface area contributed by atoms with Crippen LogP contribution >= 0.6 is 11.3 Å². The minimum atomic E-state index is 0.592. The van der Waals surface area contributed by atoms with E-state index in [1.807, 2.05) is 30.5 Å². The molecule has 0 radical (unpaired) electrons. The topological polar surface area (TPSA) is 54.6 Å². The van der Waals surface area contributed by atoms with Crippen molar-refractivity contribution in [3.63, 3.8) is 0 Å².